The van der Waals surface area contributed by atoms with Crippen LogP contribution in [0, 0.1) is 5.41 Å². The maximum Gasteiger partial charge on any atom is 0.0517 e. The molecule has 1 aromatic rings. The quantitative estimate of drug-likeness (QED) is 0.872. The minimum absolute atomic E-state index is 0.125. The van der Waals surface area contributed by atoms with Crippen LogP contribution in [0.15, 0.2) is 24.3 Å². The zero-order valence-corrected chi connectivity index (χ0v) is 13.7. The second-order valence-electron chi connectivity index (χ2n) is 6.67. The average molecular weight is 293 g/mol. The maximum atomic E-state index is 9.60. The molecular formula is C17H27NOS. The van der Waals surface area contributed by atoms with Gasteiger partial charge in [0.15, 0.2) is 0 Å². The van der Waals surface area contributed by atoms with Crippen molar-refractivity contribution in [3.05, 3.63) is 35.4 Å². The van der Waals surface area contributed by atoms with Gasteiger partial charge in [-0.2, -0.15) is 11.8 Å². The summed E-state index contributed by atoms with van der Waals surface area (Å²) in [5, 5.41) is 13.3. The van der Waals surface area contributed by atoms with Crippen molar-refractivity contribution in [2.45, 2.75) is 45.8 Å². The molecule has 2 atom stereocenters. The summed E-state index contributed by atoms with van der Waals surface area (Å²) < 4.78 is 0. The van der Waals surface area contributed by atoms with E-state index in [-0.39, 0.29) is 11.5 Å². The highest BCUT2D eigenvalue weighted by Gasteiger charge is 2.24. The molecule has 0 saturated carbocycles. The first-order chi connectivity index (χ1) is 9.48. The molecule has 0 radical (unpaired) electrons. The third-order valence-electron chi connectivity index (χ3n) is 3.91. The smallest absolute Gasteiger partial charge is 0.0517 e. The Bertz CT molecular complexity index is 431. The highest BCUT2D eigenvalue weighted by Crippen LogP contribution is 2.29. The third kappa shape index (κ3) is 4.51. The van der Waals surface area contributed by atoms with E-state index in [0.29, 0.717) is 6.04 Å². The van der Waals surface area contributed by atoms with Crippen LogP contribution in [0.25, 0.3) is 0 Å². The molecule has 2 N–H and O–H groups in total. The van der Waals surface area contributed by atoms with Crippen molar-refractivity contribution < 1.29 is 5.11 Å². The zero-order chi connectivity index (χ0) is 14.6. The fourth-order valence-corrected chi connectivity index (χ4v) is 4.08. The SMILES string of the molecule is CC(O)CC(C)(C)CNC1CSCCc2ccccc21. The molecule has 1 heterocycles. The average Bonchev–Trinajstić information content (AvgIpc) is 2.57. The molecule has 1 aromatic carbocycles. The zero-order valence-electron chi connectivity index (χ0n) is 12.9. The Hall–Kier alpha value is -0.510. The Kier molecular flexibility index (Phi) is 5.53. The van der Waals surface area contributed by atoms with Crippen molar-refractivity contribution in [1.82, 2.24) is 5.32 Å². The van der Waals surface area contributed by atoms with Crippen LogP contribution in [0.3, 0.4) is 0 Å². The van der Waals surface area contributed by atoms with Gasteiger partial charge in [0.05, 0.1) is 6.10 Å². The molecule has 2 unspecified atom stereocenters. The Morgan fingerprint density at radius 1 is 1.40 bits per heavy atom. The van der Waals surface area contributed by atoms with Crippen LogP contribution < -0.4 is 5.32 Å². The second kappa shape index (κ2) is 6.97. The van der Waals surface area contributed by atoms with Gasteiger partial charge in [0.2, 0.25) is 0 Å². The predicted molar refractivity (Wildman–Crippen MR) is 88.3 cm³/mol. The summed E-state index contributed by atoms with van der Waals surface area (Å²) in [4.78, 5) is 0. The molecule has 3 heteroatoms. The number of rotatable bonds is 5. The molecule has 0 saturated heterocycles. The van der Waals surface area contributed by atoms with E-state index < -0.39 is 0 Å². The first-order valence-corrected chi connectivity index (χ1v) is 8.70. The molecule has 2 rings (SSSR count). The fraction of sp³-hybridized carbons (Fsp3) is 0.647. The first kappa shape index (κ1) is 15.9. The standard InChI is InChI=1S/C17H27NOS/c1-13(19)10-17(2,3)12-18-16-11-20-9-8-14-6-4-5-7-15(14)16/h4-7,13,16,18-19H,8-12H2,1-3H3. The minimum Gasteiger partial charge on any atom is -0.393 e. The van der Waals surface area contributed by atoms with E-state index in [4.69, 9.17) is 0 Å². The van der Waals surface area contributed by atoms with Gasteiger partial charge in [0.25, 0.3) is 0 Å². The Balaban J connectivity index is 2.02. The summed E-state index contributed by atoms with van der Waals surface area (Å²) in [5.74, 6) is 2.36. The summed E-state index contributed by atoms with van der Waals surface area (Å²) in [6.07, 6.45) is 1.78. The van der Waals surface area contributed by atoms with E-state index in [1.54, 1.807) is 0 Å². The van der Waals surface area contributed by atoms with Crippen molar-refractivity contribution in [1.29, 1.82) is 0 Å². The van der Waals surface area contributed by atoms with E-state index >= 15 is 0 Å². The molecule has 20 heavy (non-hydrogen) atoms. The first-order valence-electron chi connectivity index (χ1n) is 7.55. The predicted octanol–water partition coefficient (Wildman–Crippen LogP) is 3.40. The summed E-state index contributed by atoms with van der Waals surface area (Å²) in [6.45, 7) is 7.26. The number of hydrogen-bond acceptors (Lipinski definition) is 3. The van der Waals surface area contributed by atoms with E-state index in [0.717, 1.165) is 18.7 Å². The van der Waals surface area contributed by atoms with E-state index in [9.17, 15) is 5.11 Å². The van der Waals surface area contributed by atoms with Crippen molar-refractivity contribution in [2.24, 2.45) is 5.41 Å². The molecule has 0 aliphatic carbocycles. The Morgan fingerprint density at radius 3 is 2.90 bits per heavy atom. The van der Waals surface area contributed by atoms with Gasteiger partial charge in [0, 0.05) is 18.3 Å². The summed E-state index contributed by atoms with van der Waals surface area (Å²) in [6, 6.07) is 9.25. The topological polar surface area (TPSA) is 32.3 Å². The molecule has 2 nitrogen and oxygen atoms in total. The van der Waals surface area contributed by atoms with E-state index in [1.165, 1.54) is 23.3 Å². The highest BCUT2D eigenvalue weighted by molar-refractivity contribution is 7.99. The lowest BCUT2D eigenvalue weighted by molar-refractivity contribution is 0.127. The number of aliphatic hydroxyl groups excluding tert-OH is 1. The molecule has 112 valence electrons. The van der Waals surface area contributed by atoms with Crippen molar-refractivity contribution in [2.75, 3.05) is 18.1 Å². The molecule has 0 fully saturated rings. The van der Waals surface area contributed by atoms with Crippen LogP contribution >= 0.6 is 11.8 Å². The van der Waals surface area contributed by atoms with Crippen LogP contribution in [0.1, 0.15) is 44.4 Å². The van der Waals surface area contributed by atoms with Gasteiger partial charge in [-0.3, -0.25) is 0 Å². The van der Waals surface area contributed by atoms with Gasteiger partial charge in [-0.05, 0) is 42.1 Å². The van der Waals surface area contributed by atoms with Gasteiger partial charge < -0.3 is 10.4 Å². The Morgan fingerprint density at radius 2 is 2.15 bits per heavy atom. The van der Waals surface area contributed by atoms with E-state index in [2.05, 4.69) is 43.4 Å². The van der Waals surface area contributed by atoms with Crippen molar-refractivity contribution in [3.63, 3.8) is 0 Å². The second-order valence-corrected chi connectivity index (χ2v) is 7.82. The van der Waals surface area contributed by atoms with Gasteiger partial charge in [-0.1, -0.05) is 38.1 Å². The molecule has 0 aromatic heterocycles. The number of benzene rings is 1. The lowest BCUT2D eigenvalue weighted by Gasteiger charge is -2.29. The number of fused-ring (bicyclic) bond motifs is 1. The monoisotopic (exact) mass is 293 g/mol. The number of aliphatic hydroxyl groups is 1. The summed E-state index contributed by atoms with van der Waals surface area (Å²) in [5.41, 5.74) is 3.08. The molecule has 0 bridgehead atoms. The Labute approximate surface area is 127 Å². The lowest BCUT2D eigenvalue weighted by atomic mass is 9.86. The summed E-state index contributed by atoms with van der Waals surface area (Å²) >= 11 is 2.03. The number of nitrogens with one attached hydrogen (secondary N) is 1. The molecule has 0 amide bonds. The van der Waals surface area contributed by atoms with Gasteiger partial charge >= 0.3 is 0 Å². The van der Waals surface area contributed by atoms with Gasteiger partial charge in [-0.25, -0.2) is 0 Å². The number of hydrogen-bond donors (Lipinski definition) is 2. The molecular weight excluding hydrogens is 266 g/mol. The van der Waals surface area contributed by atoms with Crippen LogP contribution in [-0.4, -0.2) is 29.3 Å². The van der Waals surface area contributed by atoms with Gasteiger partial charge in [-0.15, -0.1) is 0 Å². The minimum atomic E-state index is -0.234. The van der Waals surface area contributed by atoms with Crippen LogP contribution in [-0.2, 0) is 6.42 Å². The largest absolute Gasteiger partial charge is 0.393 e. The van der Waals surface area contributed by atoms with E-state index in [1.807, 2.05) is 18.7 Å². The fourth-order valence-electron chi connectivity index (χ4n) is 3.02. The van der Waals surface area contributed by atoms with Crippen molar-refractivity contribution >= 4 is 11.8 Å². The normalized spacial score (nSPS) is 21.1. The maximum absolute atomic E-state index is 9.60. The van der Waals surface area contributed by atoms with Crippen LogP contribution in [0.5, 0.6) is 0 Å². The van der Waals surface area contributed by atoms with Crippen LogP contribution in [0.4, 0.5) is 0 Å². The molecule has 0 spiro atoms. The highest BCUT2D eigenvalue weighted by atomic mass is 32.2. The van der Waals surface area contributed by atoms with Crippen molar-refractivity contribution in [3.8, 4) is 0 Å². The summed E-state index contributed by atoms with van der Waals surface area (Å²) in [7, 11) is 0. The molecule has 1 aliphatic rings. The number of thioether (sulfide) groups is 1. The van der Waals surface area contributed by atoms with Crippen LogP contribution in [0.2, 0.25) is 0 Å². The molecule has 1 aliphatic heterocycles. The van der Waals surface area contributed by atoms with Gasteiger partial charge in [0.1, 0.15) is 0 Å². The third-order valence-corrected chi connectivity index (χ3v) is 4.97. The lowest BCUT2D eigenvalue weighted by Crippen LogP contribution is -2.35. The number of aryl methyl sites for hydroxylation is 1.